The Hall–Kier alpha value is -2.70. The van der Waals surface area contributed by atoms with Crippen LogP contribution in [-0.2, 0) is 9.53 Å². The molecule has 2 aromatic rings. The molecule has 3 rings (SSSR count). The lowest BCUT2D eigenvalue weighted by Gasteiger charge is -2.31. The molecule has 132 valence electrons. The Labute approximate surface area is 145 Å². The Morgan fingerprint density at radius 3 is 2.56 bits per heavy atom. The number of amides is 1. The summed E-state index contributed by atoms with van der Waals surface area (Å²) in [6.45, 7) is 3.15. The van der Waals surface area contributed by atoms with E-state index in [1.54, 1.807) is 28.5 Å². The molecule has 2 heterocycles. The summed E-state index contributed by atoms with van der Waals surface area (Å²) in [6, 6.07) is 5.88. The number of hydrogen-bond donors (Lipinski definition) is 0. The third-order valence-corrected chi connectivity index (χ3v) is 4.36. The van der Waals surface area contributed by atoms with E-state index in [-0.39, 0.29) is 23.6 Å². The van der Waals surface area contributed by atoms with Crippen molar-refractivity contribution < 1.29 is 18.7 Å². The minimum absolute atomic E-state index is 0.147. The number of rotatable bonds is 4. The molecule has 7 heteroatoms. The summed E-state index contributed by atoms with van der Waals surface area (Å²) in [5.41, 5.74) is 1.09. The van der Waals surface area contributed by atoms with Crippen LogP contribution in [0, 0.1) is 11.7 Å². The molecule has 1 saturated heterocycles. The maximum Gasteiger partial charge on any atom is 0.309 e. The highest BCUT2D eigenvalue weighted by Gasteiger charge is 2.29. The van der Waals surface area contributed by atoms with Crippen LogP contribution in [0.5, 0.6) is 0 Å². The van der Waals surface area contributed by atoms with Gasteiger partial charge in [-0.05, 0) is 44.0 Å². The molecule has 0 unspecified atom stereocenters. The van der Waals surface area contributed by atoms with Crippen molar-refractivity contribution in [1.29, 1.82) is 0 Å². The van der Waals surface area contributed by atoms with Crippen LogP contribution in [0.25, 0.3) is 5.69 Å². The van der Waals surface area contributed by atoms with Gasteiger partial charge in [0.2, 0.25) is 0 Å². The first kappa shape index (κ1) is 17.1. The van der Waals surface area contributed by atoms with Gasteiger partial charge in [-0.25, -0.2) is 9.37 Å². The summed E-state index contributed by atoms with van der Waals surface area (Å²) in [4.78, 5) is 30.4. The van der Waals surface area contributed by atoms with Crippen molar-refractivity contribution in [1.82, 2.24) is 14.5 Å². The summed E-state index contributed by atoms with van der Waals surface area (Å²) < 4.78 is 19.8. The first-order chi connectivity index (χ1) is 12.1. The maximum absolute atomic E-state index is 13.1. The number of piperidine rings is 1. The Morgan fingerprint density at radius 1 is 1.24 bits per heavy atom. The highest BCUT2D eigenvalue weighted by molar-refractivity contribution is 5.93. The summed E-state index contributed by atoms with van der Waals surface area (Å²) in [5.74, 6) is -0.820. The van der Waals surface area contributed by atoms with Crippen molar-refractivity contribution in [3.63, 3.8) is 0 Å². The molecule has 1 amide bonds. The van der Waals surface area contributed by atoms with Gasteiger partial charge in [0.1, 0.15) is 11.5 Å². The lowest BCUT2D eigenvalue weighted by Crippen LogP contribution is -2.41. The zero-order valence-electron chi connectivity index (χ0n) is 14.0. The summed E-state index contributed by atoms with van der Waals surface area (Å²) in [6.07, 6.45) is 4.22. The van der Waals surface area contributed by atoms with Crippen LogP contribution >= 0.6 is 0 Å². The third-order valence-electron chi connectivity index (χ3n) is 4.36. The number of halogens is 1. The molecule has 0 radical (unpaired) electrons. The zero-order valence-corrected chi connectivity index (χ0v) is 14.0. The number of likely N-dealkylation sites (tertiary alicyclic amines) is 1. The van der Waals surface area contributed by atoms with E-state index in [0.717, 1.165) is 0 Å². The van der Waals surface area contributed by atoms with Crippen molar-refractivity contribution in [3.8, 4) is 5.69 Å². The molecule has 0 atom stereocenters. The zero-order chi connectivity index (χ0) is 17.8. The maximum atomic E-state index is 13.1. The lowest BCUT2D eigenvalue weighted by molar-refractivity contribution is -0.149. The highest BCUT2D eigenvalue weighted by atomic mass is 19.1. The molecule has 1 aromatic heterocycles. The number of imidazole rings is 1. The molecule has 0 aliphatic carbocycles. The molecule has 1 aromatic carbocycles. The first-order valence-electron chi connectivity index (χ1n) is 8.34. The molecule has 0 saturated carbocycles. The van der Waals surface area contributed by atoms with Crippen molar-refractivity contribution in [2.45, 2.75) is 19.8 Å². The van der Waals surface area contributed by atoms with Crippen molar-refractivity contribution in [2.75, 3.05) is 19.7 Å². The molecule has 1 aliphatic rings. The van der Waals surface area contributed by atoms with E-state index in [1.807, 2.05) is 0 Å². The van der Waals surface area contributed by atoms with Gasteiger partial charge < -0.3 is 9.64 Å². The number of ether oxygens (including phenoxy) is 1. The van der Waals surface area contributed by atoms with Crippen LogP contribution in [-0.4, -0.2) is 46.0 Å². The third kappa shape index (κ3) is 3.70. The molecule has 1 fully saturated rings. The van der Waals surface area contributed by atoms with Crippen LogP contribution in [0.1, 0.15) is 30.3 Å². The van der Waals surface area contributed by atoms with Gasteiger partial charge in [-0.3, -0.25) is 14.2 Å². The van der Waals surface area contributed by atoms with Crippen molar-refractivity contribution in [2.24, 2.45) is 5.92 Å². The number of benzene rings is 1. The highest BCUT2D eigenvalue weighted by Crippen LogP contribution is 2.21. The number of carbonyl (C=O) groups excluding carboxylic acids is 2. The second-order valence-electron chi connectivity index (χ2n) is 5.94. The Morgan fingerprint density at radius 2 is 1.92 bits per heavy atom. The number of hydrogen-bond acceptors (Lipinski definition) is 4. The van der Waals surface area contributed by atoms with Gasteiger partial charge in [0, 0.05) is 18.8 Å². The smallest absolute Gasteiger partial charge is 0.309 e. The molecule has 25 heavy (non-hydrogen) atoms. The number of nitrogens with zero attached hydrogens (tertiary/aromatic N) is 3. The van der Waals surface area contributed by atoms with Gasteiger partial charge in [-0.1, -0.05) is 0 Å². The molecule has 0 N–H and O–H groups in total. The summed E-state index contributed by atoms with van der Waals surface area (Å²) in [5, 5.41) is 0. The average Bonchev–Trinajstić information content (AvgIpc) is 3.12. The number of esters is 1. The minimum atomic E-state index is -0.335. The van der Waals surface area contributed by atoms with Gasteiger partial charge >= 0.3 is 5.97 Å². The van der Waals surface area contributed by atoms with E-state index in [1.165, 1.54) is 24.7 Å². The Bertz CT molecular complexity index is 749. The Kier molecular flexibility index (Phi) is 5.11. The van der Waals surface area contributed by atoms with Crippen LogP contribution in [0.15, 0.2) is 36.8 Å². The van der Waals surface area contributed by atoms with Crippen LogP contribution < -0.4 is 0 Å². The standard InChI is InChI=1S/C18H20FN3O3/c1-2-25-18(24)13-7-9-21(10-8-13)17(23)16-11-20-12-22(16)15-5-3-14(19)4-6-15/h3-6,11-13H,2,7-10H2,1H3. The quantitative estimate of drug-likeness (QED) is 0.799. The van der Waals surface area contributed by atoms with E-state index >= 15 is 0 Å². The number of aromatic nitrogens is 2. The van der Waals surface area contributed by atoms with Gasteiger partial charge in [0.25, 0.3) is 5.91 Å². The molecular weight excluding hydrogens is 325 g/mol. The van der Waals surface area contributed by atoms with Gasteiger partial charge in [0.15, 0.2) is 0 Å². The first-order valence-corrected chi connectivity index (χ1v) is 8.34. The monoisotopic (exact) mass is 345 g/mol. The van der Waals surface area contributed by atoms with E-state index in [2.05, 4.69) is 4.98 Å². The second-order valence-corrected chi connectivity index (χ2v) is 5.94. The summed E-state index contributed by atoms with van der Waals surface area (Å²) in [7, 11) is 0. The fourth-order valence-corrected chi connectivity index (χ4v) is 3.00. The van der Waals surface area contributed by atoms with Crippen LogP contribution in [0.2, 0.25) is 0 Å². The fraction of sp³-hybridized carbons (Fsp3) is 0.389. The predicted molar refractivity (Wildman–Crippen MR) is 88.8 cm³/mol. The molecule has 6 nitrogen and oxygen atoms in total. The topological polar surface area (TPSA) is 64.4 Å². The molecular formula is C18H20FN3O3. The van der Waals surface area contributed by atoms with Gasteiger partial charge in [-0.2, -0.15) is 0 Å². The second kappa shape index (κ2) is 7.46. The van der Waals surface area contributed by atoms with E-state index < -0.39 is 0 Å². The van der Waals surface area contributed by atoms with Gasteiger partial charge in [-0.15, -0.1) is 0 Å². The largest absolute Gasteiger partial charge is 0.466 e. The Balaban J connectivity index is 1.70. The van der Waals surface area contributed by atoms with Crippen molar-refractivity contribution >= 4 is 11.9 Å². The lowest BCUT2D eigenvalue weighted by atomic mass is 9.97. The summed E-state index contributed by atoms with van der Waals surface area (Å²) >= 11 is 0. The van der Waals surface area contributed by atoms with E-state index in [9.17, 15) is 14.0 Å². The van der Waals surface area contributed by atoms with Crippen molar-refractivity contribution in [3.05, 3.63) is 48.3 Å². The van der Waals surface area contributed by atoms with E-state index in [0.29, 0.717) is 43.9 Å². The minimum Gasteiger partial charge on any atom is -0.466 e. The van der Waals surface area contributed by atoms with Gasteiger partial charge in [0.05, 0.1) is 25.0 Å². The fourth-order valence-electron chi connectivity index (χ4n) is 3.00. The average molecular weight is 345 g/mol. The molecule has 0 bridgehead atoms. The van der Waals surface area contributed by atoms with Crippen LogP contribution in [0.3, 0.4) is 0 Å². The van der Waals surface area contributed by atoms with Crippen LogP contribution in [0.4, 0.5) is 4.39 Å². The molecule has 0 spiro atoms. The predicted octanol–water partition coefficient (Wildman–Crippen LogP) is 2.43. The number of carbonyl (C=O) groups is 2. The molecule has 1 aliphatic heterocycles. The van der Waals surface area contributed by atoms with E-state index in [4.69, 9.17) is 4.74 Å². The normalized spacial score (nSPS) is 15.2. The SMILES string of the molecule is CCOC(=O)C1CCN(C(=O)c2cncn2-c2ccc(F)cc2)CC1.